The fraction of sp³-hybridized carbons (Fsp3) is 0.467. The highest BCUT2D eigenvalue weighted by atomic mass is 31.2. The Balaban J connectivity index is 1.47. The fourth-order valence-corrected chi connectivity index (χ4v) is 11.4. The van der Waals surface area contributed by atoms with Gasteiger partial charge in [-0.3, -0.25) is 29.0 Å². The van der Waals surface area contributed by atoms with Crippen molar-refractivity contribution >= 4 is 30.5 Å². The van der Waals surface area contributed by atoms with E-state index in [0.717, 1.165) is 16.7 Å². The average molecular weight is 843 g/mol. The second kappa shape index (κ2) is 18.8. The maximum Gasteiger partial charge on any atom is 0.280 e. The Morgan fingerprint density at radius 1 is 0.900 bits per heavy atom. The minimum absolute atomic E-state index is 0.00352. The van der Waals surface area contributed by atoms with Gasteiger partial charge < -0.3 is 23.5 Å². The highest BCUT2D eigenvalue weighted by Gasteiger charge is 2.47. The van der Waals surface area contributed by atoms with Gasteiger partial charge in [-0.2, -0.15) is 4.98 Å². The number of carbonyl (C=O) groups excluding carboxylic acids is 1. The van der Waals surface area contributed by atoms with Gasteiger partial charge in [0.15, 0.2) is 11.2 Å². The quantitative estimate of drug-likeness (QED) is 0.0645. The van der Waals surface area contributed by atoms with Crippen molar-refractivity contribution in [1.82, 2.24) is 24.2 Å². The van der Waals surface area contributed by atoms with Crippen LogP contribution in [0.5, 0.6) is 11.5 Å². The number of ether oxygens (including phenoxy) is 4. The fourth-order valence-electron chi connectivity index (χ4n) is 8.04. The third-order valence-corrected chi connectivity index (χ3v) is 14.1. The summed E-state index contributed by atoms with van der Waals surface area (Å²) in [7, 11) is -0.251. The van der Waals surface area contributed by atoms with Crippen LogP contribution in [0.25, 0.3) is 11.2 Å². The van der Waals surface area contributed by atoms with E-state index in [1.165, 1.54) is 6.33 Å². The number of rotatable bonds is 18. The summed E-state index contributed by atoms with van der Waals surface area (Å²) < 4.78 is 51.4. The van der Waals surface area contributed by atoms with Gasteiger partial charge in [-0.05, 0) is 74.6 Å². The lowest BCUT2D eigenvalue weighted by atomic mass is 9.80. The zero-order valence-electron chi connectivity index (χ0n) is 36.2. The third-order valence-electron chi connectivity index (χ3n) is 10.6. The van der Waals surface area contributed by atoms with Gasteiger partial charge in [0.25, 0.3) is 13.1 Å². The topological polar surface area (TPSA) is 159 Å². The highest BCUT2D eigenvalue weighted by Crippen LogP contribution is 2.57. The van der Waals surface area contributed by atoms with Crippen molar-refractivity contribution < 1.29 is 32.8 Å². The molecule has 5 aromatic rings. The molecule has 322 valence electrons. The molecule has 0 aliphatic carbocycles. The van der Waals surface area contributed by atoms with Gasteiger partial charge in [-0.15, -0.1) is 0 Å². The molecule has 6 rings (SSSR count). The second-order valence-corrected chi connectivity index (χ2v) is 18.8. The second-order valence-electron chi connectivity index (χ2n) is 16.5. The number of imidazole rings is 1. The smallest absolute Gasteiger partial charge is 0.280 e. The maximum atomic E-state index is 15.4. The molecule has 0 bridgehead atoms. The number of methoxy groups -OCH3 is 2. The summed E-state index contributed by atoms with van der Waals surface area (Å²) in [6.07, 6.45) is -0.207. The lowest BCUT2D eigenvalue weighted by molar-refractivity contribution is -0.118. The maximum absolute atomic E-state index is 15.4. The Hall–Kier alpha value is -4.85. The number of aromatic nitrogens is 4. The van der Waals surface area contributed by atoms with Gasteiger partial charge >= 0.3 is 0 Å². The van der Waals surface area contributed by atoms with Crippen LogP contribution in [0.2, 0.25) is 0 Å². The number of H-pyrrole nitrogens is 1. The molecule has 1 fully saturated rings. The molecule has 1 amide bonds. The summed E-state index contributed by atoms with van der Waals surface area (Å²) in [5, 5.41) is 2.69. The molecule has 1 aliphatic rings. The largest absolute Gasteiger partial charge is 0.497 e. The minimum atomic E-state index is -3.51. The van der Waals surface area contributed by atoms with Crippen LogP contribution >= 0.6 is 7.52 Å². The molecule has 1 unspecified atom stereocenters. The van der Waals surface area contributed by atoms with Gasteiger partial charge in [0.2, 0.25) is 11.9 Å². The monoisotopic (exact) mass is 842 g/mol. The van der Waals surface area contributed by atoms with Gasteiger partial charge in [0, 0.05) is 30.6 Å². The summed E-state index contributed by atoms with van der Waals surface area (Å²) in [6, 6.07) is 25.3. The van der Waals surface area contributed by atoms with Gasteiger partial charge in [0.05, 0.1) is 33.3 Å². The Bertz CT molecular complexity index is 2260. The number of anilines is 1. The standard InChI is InChI=1S/C45H59N6O8P/c1-28(2)26-60(54,51(30(5)6)31(7)8)59-37-24-39(50-27-46-40-41(50)47-44(49-43(40)53)48-42(52)29(3)4)58-38(37)25-57-45(32-14-12-11-13-15-32,33-16-20-35(55-9)21-17-33)34-18-22-36(56-10)23-19-34/h11-23,27-31,37-39H,24-26H2,1-10H3,(H2,47,48,49,52,53)/t37-,38+,39+,60?/m0/s1. The predicted molar refractivity (Wildman–Crippen MR) is 233 cm³/mol. The van der Waals surface area contributed by atoms with E-state index in [9.17, 15) is 9.59 Å². The average Bonchev–Trinajstić information content (AvgIpc) is 3.82. The normalized spacial score (nSPS) is 18.2. The number of nitrogens with zero attached hydrogens (tertiary/aromatic N) is 4. The molecule has 1 aliphatic heterocycles. The number of hydrogen-bond donors (Lipinski definition) is 2. The van der Waals surface area contributed by atoms with Crippen LogP contribution in [0.3, 0.4) is 0 Å². The van der Waals surface area contributed by atoms with Crippen molar-refractivity contribution in [2.75, 3.05) is 32.3 Å². The third kappa shape index (κ3) is 9.38. The molecule has 4 atom stereocenters. The van der Waals surface area contributed by atoms with Crippen LogP contribution in [0.4, 0.5) is 5.95 Å². The molecule has 1 saturated heterocycles. The van der Waals surface area contributed by atoms with Crippen molar-refractivity contribution in [1.29, 1.82) is 0 Å². The number of fused-ring (bicyclic) bond motifs is 1. The summed E-state index contributed by atoms with van der Waals surface area (Å²) in [5.74, 6) is 0.799. The molecule has 14 nitrogen and oxygen atoms in total. The Morgan fingerprint density at radius 3 is 1.98 bits per heavy atom. The van der Waals surface area contributed by atoms with Crippen LogP contribution in [0.1, 0.15) is 84.7 Å². The van der Waals surface area contributed by atoms with E-state index >= 15 is 4.57 Å². The Kier molecular flexibility index (Phi) is 14.0. The van der Waals surface area contributed by atoms with Crippen LogP contribution in [0.15, 0.2) is 90.0 Å². The highest BCUT2D eigenvalue weighted by molar-refractivity contribution is 7.56. The molecule has 2 N–H and O–H groups in total. The number of benzene rings is 3. The van der Waals surface area contributed by atoms with Crippen molar-refractivity contribution in [3.63, 3.8) is 0 Å². The molecule has 2 aromatic heterocycles. The molecule has 60 heavy (non-hydrogen) atoms. The molecule has 0 saturated carbocycles. The van der Waals surface area contributed by atoms with Crippen molar-refractivity contribution in [2.24, 2.45) is 11.8 Å². The number of nitrogens with one attached hydrogen (secondary N) is 2. The number of hydrogen-bond acceptors (Lipinski definition) is 10. The van der Waals surface area contributed by atoms with Crippen LogP contribution in [0, 0.1) is 11.8 Å². The lowest BCUT2D eigenvalue weighted by Gasteiger charge is -2.40. The van der Waals surface area contributed by atoms with E-state index < -0.39 is 37.1 Å². The molecule has 0 radical (unpaired) electrons. The minimum Gasteiger partial charge on any atom is -0.497 e. The zero-order valence-corrected chi connectivity index (χ0v) is 37.1. The first-order chi connectivity index (χ1) is 28.6. The Labute approximate surface area is 352 Å². The SMILES string of the molecule is COc1ccc(C(OC[C@H]2O[C@@H](n3cnc4c(=O)[nH]c(NC(=O)C(C)C)nc43)C[C@@H]2OP(=O)(CC(C)C)N(C(C)C)C(C)C)(c2ccccc2)c2ccc(OC)cc2)cc1. The zero-order chi connectivity index (χ0) is 43.4. The van der Waals surface area contributed by atoms with Gasteiger partial charge in [-0.1, -0.05) is 82.3 Å². The Morgan fingerprint density at radius 2 is 1.47 bits per heavy atom. The van der Waals surface area contributed by atoms with Crippen LogP contribution < -0.4 is 20.3 Å². The number of aromatic amines is 1. The van der Waals surface area contributed by atoms with Crippen molar-refractivity contribution in [2.45, 2.75) is 97.9 Å². The first kappa shape index (κ1) is 44.7. The molecule has 15 heteroatoms. The van der Waals surface area contributed by atoms with E-state index in [1.54, 1.807) is 32.6 Å². The van der Waals surface area contributed by atoms with Gasteiger partial charge in [0.1, 0.15) is 29.4 Å². The molecular weight excluding hydrogens is 784 g/mol. The molecule has 0 spiro atoms. The molecule has 3 heterocycles. The van der Waals surface area contributed by atoms with E-state index in [4.69, 9.17) is 23.5 Å². The summed E-state index contributed by atoms with van der Waals surface area (Å²) in [4.78, 5) is 37.5. The van der Waals surface area contributed by atoms with E-state index in [0.29, 0.717) is 17.7 Å². The first-order valence-corrected chi connectivity index (χ1v) is 22.3. The predicted octanol–water partition coefficient (Wildman–Crippen LogP) is 8.38. The first-order valence-electron chi connectivity index (χ1n) is 20.6. The lowest BCUT2D eigenvalue weighted by Crippen LogP contribution is -2.41. The number of carbonyl (C=O) groups is 1. The van der Waals surface area contributed by atoms with Gasteiger partial charge in [-0.25, -0.2) is 9.65 Å². The molecular formula is C45H59N6O8P. The van der Waals surface area contributed by atoms with E-state index in [1.807, 2.05) is 125 Å². The van der Waals surface area contributed by atoms with Crippen LogP contribution in [-0.4, -0.2) is 81.4 Å². The summed E-state index contributed by atoms with van der Waals surface area (Å²) in [5.41, 5.74) is 1.15. The van der Waals surface area contributed by atoms with Crippen molar-refractivity contribution in [3.8, 4) is 11.5 Å². The van der Waals surface area contributed by atoms with E-state index in [2.05, 4.69) is 20.3 Å². The van der Waals surface area contributed by atoms with Crippen molar-refractivity contribution in [3.05, 3.63) is 112 Å². The molecule has 3 aromatic carbocycles. The van der Waals surface area contributed by atoms with E-state index in [-0.39, 0.29) is 60.0 Å². The summed E-state index contributed by atoms with van der Waals surface area (Å²) in [6.45, 7) is 15.7. The van der Waals surface area contributed by atoms with Crippen LogP contribution in [-0.2, 0) is 29.0 Å². The summed E-state index contributed by atoms with van der Waals surface area (Å²) >= 11 is 0. The number of amides is 1.